The van der Waals surface area contributed by atoms with E-state index in [4.69, 9.17) is 0 Å². The average Bonchev–Trinajstić information content (AvgIpc) is 0. The van der Waals surface area contributed by atoms with E-state index in [9.17, 15) is 0 Å². The van der Waals surface area contributed by atoms with E-state index in [0.717, 1.165) is 0 Å². The van der Waals surface area contributed by atoms with E-state index in [-0.39, 0.29) is 85.6 Å². The van der Waals surface area contributed by atoms with Gasteiger partial charge >= 0.3 is 0 Å². The van der Waals surface area contributed by atoms with Crippen molar-refractivity contribution in [3.63, 3.8) is 0 Å². The molecule has 4 heavy (non-hydrogen) atoms. The fraction of sp³-hybridized carbons (Fsp3) is 0. The third-order valence-electron chi connectivity index (χ3n) is 0. The van der Waals surface area contributed by atoms with Crippen LogP contribution in [0.4, 0.5) is 0 Å². The van der Waals surface area contributed by atoms with Crippen molar-refractivity contribution in [2.24, 2.45) is 0 Å². The fourth-order valence-corrected chi connectivity index (χ4v) is 0. The standard InChI is InChI=1S/2Pt.2Ti. The summed E-state index contributed by atoms with van der Waals surface area (Å²) in [6.07, 6.45) is 0. The molecule has 0 bridgehead atoms. The average molecular weight is 486 g/mol. The van der Waals surface area contributed by atoms with Crippen LogP contribution in [0.15, 0.2) is 0 Å². The molecule has 0 aliphatic heterocycles. The van der Waals surface area contributed by atoms with Crippen LogP contribution in [-0.4, -0.2) is 0 Å². The van der Waals surface area contributed by atoms with Gasteiger partial charge < -0.3 is 0 Å². The predicted octanol–water partition coefficient (Wildman–Crippen LogP) is -0.0100. The summed E-state index contributed by atoms with van der Waals surface area (Å²) in [4.78, 5) is 0. The smallest absolute Gasteiger partial charge is 0 e. The van der Waals surface area contributed by atoms with Crippen molar-refractivity contribution >= 4 is 0 Å². The Morgan fingerprint density at radius 1 is 0.500 bits per heavy atom. The Kier molecular flexibility index (Phi) is 124. The Morgan fingerprint density at radius 3 is 0.500 bits per heavy atom. The van der Waals surface area contributed by atoms with Gasteiger partial charge in [0, 0.05) is 85.6 Å². The van der Waals surface area contributed by atoms with E-state index in [1.54, 1.807) is 0 Å². The Labute approximate surface area is 84.2 Å². The van der Waals surface area contributed by atoms with Gasteiger partial charge in [-0.15, -0.1) is 0 Å². The normalized spacial score (nSPS) is 0. The molecular formula is Pt2Ti2. The Hall–Kier alpha value is 2.81. The zero-order valence-corrected chi connectivity index (χ0v) is 9.30. The second-order valence-electron chi connectivity index (χ2n) is 0. The monoisotopic (exact) mass is 486 g/mol. The van der Waals surface area contributed by atoms with Crippen molar-refractivity contribution < 1.29 is 85.6 Å². The van der Waals surface area contributed by atoms with Crippen molar-refractivity contribution in [1.29, 1.82) is 0 Å². The zero-order valence-electron chi connectivity index (χ0n) is 1.63. The van der Waals surface area contributed by atoms with Crippen LogP contribution in [0.2, 0.25) is 0 Å². The van der Waals surface area contributed by atoms with E-state index in [0.29, 0.717) is 0 Å². The second kappa shape index (κ2) is 17.0. The summed E-state index contributed by atoms with van der Waals surface area (Å²) in [5, 5.41) is 0. The summed E-state index contributed by atoms with van der Waals surface area (Å²) in [6.45, 7) is 0. The van der Waals surface area contributed by atoms with Crippen LogP contribution < -0.4 is 0 Å². The van der Waals surface area contributed by atoms with Gasteiger partial charge in [-0.05, 0) is 0 Å². The molecule has 0 saturated carbocycles. The summed E-state index contributed by atoms with van der Waals surface area (Å²) in [6, 6.07) is 0. The third kappa shape index (κ3) is 8.84. The van der Waals surface area contributed by atoms with E-state index >= 15 is 0 Å². The first kappa shape index (κ1) is 29.1. The van der Waals surface area contributed by atoms with E-state index in [1.165, 1.54) is 0 Å². The molecule has 0 aliphatic carbocycles. The summed E-state index contributed by atoms with van der Waals surface area (Å²) < 4.78 is 0. The minimum absolute atomic E-state index is 0. The van der Waals surface area contributed by atoms with Gasteiger partial charge in [0.15, 0.2) is 0 Å². The molecule has 0 heterocycles. The summed E-state index contributed by atoms with van der Waals surface area (Å²) >= 11 is 0. The molecule has 0 amide bonds. The zero-order chi connectivity index (χ0) is 0. The van der Waals surface area contributed by atoms with Gasteiger partial charge in [-0.25, -0.2) is 0 Å². The topological polar surface area (TPSA) is 0 Å². The molecule has 0 fully saturated rings. The maximum absolute atomic E-state index is 0. The van der Waals surface area contributed by atoms with Gasteiger partial charge in [-0.2, -0.15) is 0 Å². The second-order valence-corrected chi connectivity index (χ2v) is 0. The molecule has 0 spiro atoms. The van der Waals surface area contributed by atoms with Crippen LogP contribution in [0, 0.1) is 0 Å². The van der Waals surface area contributed by atoms with E-state index < -0.39 is 0 Å². The molecule has 0 atom stereocenters. The first-order valence-electron chi connectivity index (χ1n) is 0. The van der Waals surface area contributed by atoms with Crippen molar-refractivity contribution in [3.05, 3.63) is 0 Å². The van der Waals surface area contributed by atoms with Crippen LogP contribution in [0.3, 0.4) is 0 Å². The van der Waals surface area contributed by atoms with Crippen molar-refractivity contribution in [1.82, 2.24) is 0 Å². The molecule has 0 unspecified atom stereocenters. The van der Waals surface area contributed by atoms with Crippen LogP contribution in [0.25, 0.3) is 0 Å². The molecule has 0 aromatic carbocycles. The maximum Gasteiger partial charge on any atom is 0 e. The molecule has 0 nitrogen and oxygen atoms in total. The molecule has 0 aromatic heterocycles. The number of rotatable bonds is 0. The molecule has 0 aliphatic rings. The van der Waals surface area contributed by atoms with Gasteiger partial charge in [0.05, 0.1) is 0 Å². The molecule has 0 radical (unpaired) electrons. The van der Waals surface area contributed by atoms with Gasteiger partial charge in [0.25, 0.3) is 0 Å². The third-order valence-corrected chi connectivity index (χ3v) is 0. The van der Waals surface area contributed by atoms with Crippen molar-refractivity contribution in [3.8, 4) is 0 Å². The quantitative estimate of drug-likeness (QED) is 0.424. The molecular weight excluding hydrogens is 486 g/mol. The van der Waals surface area contributed by atoms with Crippen LogP contribution in [0.5, 0.6) is 0 Å². The van der Waals surface area contributed by atoms with Crippen LogP contribution >= 0.6 is 0 Å². The van der Waals surface area contributed by atoms with Crippen molar-refractivity contribution in [2.45, 2.75) is 0 Å². The predicted molar refractivity (Wildman–Crippen MR) is 0 cm³/mol. The Morgan fingerprint density at radius 2 is 0.500 bits per heavy atom. The van der Waals surface area contributed by atoms with Crippen LogP contribution in [-0.2, 0) is 85.6 Å². The molecule has 0 aromatic rings. The molecule has 0 N–H and O–H groups in total. The molecule has 0 saturated heterocycles. The SMILES string of the molecule is [Pt].[Pt].[Ti].[Ti]. The van der Waals surface area contributed by atoms with Gasteiger partial charge in [-0.3, -0.25) is 0 Å². The van der Waals surface area contributed by atoms with Gasteiger partial charge in [0.2, 0.25) is 0 Å². The number of hydrogen-bond acceptors (Lipinski definition) is 0. The molecule has 28 valence electrons. The fourth-order valence-electron chi connectivity index (χ4n) is 0. The Balaban J connectivity index is 0. The first-order chi connectivity index (χ1) is 0. The van der Waals surface area contributed by atoms with Crippen molar-refractivity contribution in [2.75, 3.05) is 0 Å². The van der Waals surface area contributed by atoms with E-state index in [1.807, 2.05) is 0 Å². The minimum atomic E-state index is 0. The molecule has 4 heteroatoms. The minimum Gasteiger partial charge on any atom is 0 e. The summed E-state index contributed by atoms with van der Waals surface area (Å²) in [7, 11) is 0. The number of hydrogen-bond donors (Lipinski definition) is 0. The van der Waals surface area contributed by atoms with Crippen LogP contribution in [0.1, 0.15) is 0 Å². The first-order valence-corrected chi connectivity index (χ1v) is 0. The van der Waals surface area contributed by atoms with E-state index in [2.05, 4.69) is 0 Å². The van der Waals surface area contributed by atoms with Gasteiger partial charge in [-0.1, -0.05) is 0 Å². The molecule has 0 rings (SSSR count). The largest absolute Gasteiger partial charge is 0 e. The maximum atomic E-state index is 0. The van der Waals surface area contributed by atoms with Gasteiger partial charge in [0.1, 0.15) is 0 Å². The Bertz CT molecular complexity index is 4.00. The summed E-state index contributed by atoms with van der Waals surface area (Å²) in [5.41, 5.74) is 0. The summed E-state index contributed by atoms with van der Waals surface area (Å²) in [5.74, 6) is 0.